The fraction of sp³-hybridized carbons (Fsp3) is 0.500. The lowest BCUT2D eigenvalue weighted by Gasteiger charge is -2.26. The van der Waals surface area contributed by atoms with Gasteiger partial charge in [-0.3, -0.25) is 0 Å². The number of methoxy groups -OCH3 is 1. The number of ether oxygens (including phenoxy) is 1. The van der Waals surface area contributed by atoms with Crippen molar-refractivity contribution in [2.45, 2.75) is 75.2 Å². The van der Waals surface area contributed by atoms with E-state index in [4.69, 9.17) is 4.74 Å². The zero-order valence-corrected chi connectivity index (χ0v) is 18.1. The number of rotatable bonds is 3. The Morgan fingerprint density at radius 1 is 0.680 bits per heavy atom. The van der Waals surface area contributed by atoms with E-state index in [0.29, 0.717) is 5.92 Å². The molecular formula is C24H36O. The van der Waals surface area contributed by atoms with Gasteiger partial charge in [0, 0.05) is 5.92 Å². The average molecular weight is 341 g/mol. The maximum Gasteiger partial charge on any atom is 0.125 e. The second-order valence-corrected chi connectivity index (χ2v) is 6.98. The van der Waals surface area contributed by atoms with Crippen LogP contribution >= 0.6 is 0 Å². The van der Waals surface area contributed by atoms with E-state index >= 15 is 0 Å². The van der Waals surface area contributed by atoms with Crippen molar-refractivity contribution in [3.63, 3.8) is 0 Å². The van der Waals surface area contributed by atoms with Crippen LogP contribution in [0.3, 0.4) is 0 Å². The van der Waals surface area contributed by atoms with E-state index in [1.807, 2.05) is 13.8 Å². The van der Waals surface area contributed by atoms with Gasteiger partial charge in [-0.25, -0.2) is 0 Å². The molecule has 1 nitrogen and oxygen atoms in total. The van der Waals surface area contributed by atoms with Crippen LogP contribution in [0.2, 0.25) is 0 Å². The SMILES string of the molecule is CC.COc1c(C)c(C)c(C(C)c2c(C)cc(C)cc2C)c(C)c1C. The fourth-order valence-corrected chi connectivity index (χ4v) is 4.28. The van der Waals surface area contributed by atoms with Gasteiger partial charge in [0.2, 0.25) is 0 Å². The van der Waals surface area contributed by atoms with Crippen molar-refractivity contribution in [1.29, 1.82) is 0 Å². The lowest BCUT2D eigenvalue weighted by Crippen LogP contribution is -2.10. The Hall–Kier alpha value is -1.76. The quantitative estimate of drug-likeness (QED) is 0.582. The van der Waals surface area contributed by atoms with Crippen molar-refractivity contribution in [3.05, 3.63) is 62.2 Å². The molecule has 0 aliphatic rings. The van der Waals surface area contributed by atoms with Crippen LogP contribution in [0.5, 0.6) is 5.75 Å². The molecule has 1 heteroatoms. The first-order chi connectivity index (χ1) is 11.7. The molecule has 0 N–H and O–H groups in total. The normalized spacial score (nSPS) is 11.6. The van der Waals surface area contributed by atoms with E-state index in [2.05, 4.69) is 67.5 Å². The van der Waals surface area contributed by atoms with Gasteiger partial charge in [-0.2, -0.15) is 0 Å². The van der Waals surface area contributed by atoms with Gasteiger partial charge in [0.25, 0.3) is 0 Å². The monoisotopic (exact) mass is 340 g/mol. The Kier molecular flexibility index (Phi) is 7.29. The minimum atomic E-state index is 0.388. The van der Waals surface area contributed by atoms with Crippen LogP contribution in [0.4, 0.5) is 0 Å². The Labute approximate surface area is 155 Å². The summed E-state index contributed by atoms with van der Waals surface area (Å²) in [5.74, 6) is 1.42. The molecule has 0 aromatic heterocycles. The van der Waals surface area contributed by atoms with Gasteiger partial charge in [0.15, 0.2) is 0 Å². The highest BCUT2D eigenvalue weighted by Gasteiger charge is 2.22. The molecule has 2 rings (SSSR count). The van der Waals surface area contributed by atoms with Crippen LogP contribution in [0.15, 0.2) is 12.1 Å². The van der Waals surface area contributed by atoms with Crippen LogP contribution in [0.25, 0.3) is 0 Å². The van der Waals surface area contributed by atoms with Crippen molar-refractivity contribution in [2.75, 3.05) is 7.11 Å². The molecule has 1 unspecified atom stereocenters. The predicted molar refractivity (Wildman–Crippen MR) is 111 cm³/mol. The summed E-state index contributed by atoms with van der Waals surface area (Å²) in [6.07, 6.45) is 0. The maximum atomic E-state index is 5.64. The van der Waals surface area contributed by atoms with Gasteiger partial charge >= 0.3 is 0 Å². The lowest BCUT2D eigenvalue weighted by atomic mass is 9.80. The van der Waals surface area contributed by atoms with Crippen molar-refractivity contribution in [3.8, 4) is 5.75 Å². The Balaban J connectivity index is 0.00000151. The highest BCUT2D eigenvalue weighted by Crippen LogP contribution is 2.40. The van der Waals surface area contributed by atoms with Gasteiger partial charge in [-0.1, -0.05) is 38.5 Å². The fourth-order valence-electron chi connectivity index (χ4n) is 4.28. The van der Waals surface area contributed by atoms with E-state index in [9.17, 15) is 0 Å². The number of benzene rings is 2. The highest BCUT2D eigenvalue weighted by atomic mass is 16.5. The van der Waals surface area contributed by atoms with Gasteiger partial charge in [0.1, 0.15) is 5.75 Å². The molecule has 138 valence electrons. The van der Waals surface area contributed by atoms with Crippen molar-refractivity contribution < 1.29 is 4.74 Å². The largest absolute Gasteiger partial charge is 0.496 e. The second-order valence-electron chi connectivity index (χ2n) is 6.98. The van der Waals surface area contributed by atoms with Gasteiger partial charge in [0.05, 0.1) is 7.11 Å². The number of hydrogen-bond acceptors (Lipinski definition) is 1. The van der Waals surface area contributed by atoms with Crippen molar-refractivity contribution in [1.82, 2.24) is 0 Å². The molecule has 0 aliphatic heterocycles. The highest BCUT2D eigenvalue weighted by molar-refractivity contribution is 5.58. The third-order valence-corrected chi connectivity index (χ3v) is 5.42. The molecule has 0 radical (unpaired) electrons. The zero-order valence-electron chi connectivity index (χ0n) is 18.1. The standard InChI is InChI=1S/C22H30O.C2H6/c1-12-10-13(2)20(14(3)11-12)19(8)21-15(4)17(6)22(23-9)18(7)16(21)5;1-2/h10-11,19H,1-9H3;1-2H3. The summed E-state index contributed by atoms with van der Waals surface area (Å²) in [6, 6.07) is 4.60. The summed E-state index contributed by atoms with van der Waals surface area (Å²) in [4.78, 5) is 0. The molecule has 25 heavy (non-hydrogen) atoms. The van der Waals surface area contributed by atoms with Gasteiger partial charge < -0.3 is 4.74 Å². The average Bonchev–Trinajstić information content (AvgIpc) is 2.55. The van der Waals surface area contributed by atoms with Gasteiger partial charge in [-0.15, -0.1) is 0 Å². The summed E-state index contributed by atoms with van der Waals surface area (Å²) in [7, 11) is 1.77. The molecular weight excluding hydrogens is 304 g/mol. The van der Waals surface area contributed by atoms with Crippen LogP contribution in [-0.2, 0) is 0 Å². The molecule has 0 bridgehead atoms. The molecule has 0 aliphatic carbocycles. The van der Waals surface area contributed by atoms with Crippen molar-refractivity contribution in [2.24, 2.45) is 0 Å². The van der Waals surface area contributed by atoms with Crippen LogP contribution in [-0.4, -0.2) is 7.11 Å². The van der Waals surface area contributed by atoms with E-state index in [-0.39, 0.29) is 0 Å². The van der Waals surface area contributed by atoms with Crippen LogP contribution in [0, 0.1) is 48.5 Å². The summed E-state index contributed by atoms with van der Waals surface area (Å²) in [5, 5.41) is 0. The molecule has 0 fully saturated rings. The summed E-state index contributed by atoms with van der Waals surface area (Å²) >= 11 is 0. The minimum Gasteiger partial charge on any atom is -0.496 e. The maximum absolute atomic E-state index is 5.64. The number of hydrogen-bond donors (Lipinski definition) is 0. The third kappa shape index (κ3) is 3.92. The second kappa shape index (κ2) is 8.56. The van der Waals surface area contributed by atoms with E-state index in [1.54, 1.807) is 7.11 Å². The summed E-state index contributed by atoms with van der Waals surface area (Å²) in [6.45, 7) is 21.8. The Morgan fingerprint density at radius 2 is 1.08 bits per heavy atom. The molecule has 2 aromatic carbocycles. The lowest BCUT2D eigenvalue weighted by molar-refractivity contribution is 0.407. The topological polar surface area (TPSA) is 9.23 Å². The third-order valence-electron chi connectivity index (χ3n) is 5.42. The van der Waals surface area contributed by atoms with Crippen molar-refractivity contribution >= 4 is 0 Å². The van der Waals surface area contributed by atoms with Crippen LogP contribution in [0.1, 0.15) is 76.8 Å². The van der Waals surface area contributed by atoms with E-state index < -0.39 is 0 Å². The zero-order chi connectivity index (χ0) is 19.5. The van der Waals surface area contributed by atoms with Crippen LogP contribution < -0.4 is 4.74 Å². The predicted octanol–water partition coefficient (Wildman–Crippen LogP) is 7.03. The Bertz CT molecular complexity index is 701. The summed E-state index contributed by atoms with van der Waals surface area (Å²) in [5.41, 5.74) is 12.3. The summed E-state index contributed by atoms with van der Waals surface area (Å²) < 4.78 is 5.64. The van der Waals surface area contributed by atoms with Gasteiger partial charge in [-0.05, 0) is 93.0 Å². The van der Waals surface area contributed by atoms with E-state index in [0.717, 1.165) is 5.75 Å². The molecule has 0 spiro atoms. The van der Waals surface area contributed by atoms with E-state index in [1.165, 1.54) is 50.1 Å². The number of aryl methyl sites for hydroxylation is 3. The first-order valence-corrected chi connectivity index (χ1v) is 9.42. The molecule has 0 saturated carbocycles. The minimum absolute atomic E-state index is 0.388. The Morgan fingerprint density at radius 3 is 1.44 bits per heavy atom. The molecule has 1 atom stereocenters. The molecule has 0 heterocycles. The molecule has 0 saturated heterocycles. The first kappa shape index (κ1) is 21.3. The molecule has 0 amide bonds. The molecule has 2 aromatic rings. The smallest absolute Gasteiger partial charge is 0.125 e. The first-order valence-electron chi connectivity index (χ1n) is 9.42.